The zero-order chi connectivity index (χ0) is 26.4. The number of rotatable bonds is 7. The molecule has 35 heavy (non-hydrogen) atoms. The van der Waals surface area contributed by atoms with Gasteiger partial charge in [-0.15, -0.1) is 0 Å². The van der Waals surface area contributed by atoms with Gasteiger partial charge in [-0.25, -0.2) is 4.39 Å². The third kappa shape index (κ3) is 12.9. The fourth-order valence-electron chi connectivity index (χ4n) is 3.24. The molecule has 0 fully saturated rings. The smallest absolute Gasteiger partial charge is 0.236 e. The van der Waals surface area contributed by atoms with E-state index in [-0.39, 0.29) is 5.91 Å². The minimum absolute atomic E-state index is 0.0813. The summed E-state index contributed by atoms with van der Waals surface area (Å²) in [6, 6.07) is 14.0. The van der Waals surface area contributed by atoms with Crippen LogP contribution in [-0.4, -0.2) is 57.4 Å². The van der Waals surface area contributed by atoms with Crippen LogP contribution in [0.5, 0.6) is 0 Å². The molecule has 2 N–H and O–H groups in total. The van der Waals surface area contributed by atoms with Gasteiger partial charge in [-0.2, -0.15) is 0 Å². The van der Waals surface area contributed by atoms with Gasteiger partial charge in [-0.3, -0.25) is 15.1 Å². The lowest BCUT2D eigenvalue weighted by molar-refractivity contribution is -0.129. The van der Waals surface area contributed by atoms with E-state index >= 15 is 0 Å². The van der Waals surface area contributed by atoms with Crippen LogP contribution in [-0.2, 0) is 20.9 Å². The molecule has 6 nitrogen and oxygen atoms in total. The fraction of sp³-hybridized carbons (Fsp3) is 0.519. The summed E-state index contributed by atoms with van der Waals surface area (Å²) in [5, 5.41) is 3.93. The van der Waals surface area contributed by atoms with Crippen LogP contribution in [0, 0.1) is 6.92 Å². The monoisotopic (exact) mass is 509 g/mol. The maximum absolute atomic E-state index is 12.4. The van der Waals surface area contributed by atoms with Crippen molar-refractivity contribution in [1.82, 2.24) is 10.2 Å². The first-order chi connectivity index (χ1) is 16.5. The number of hydrogen-bond acceptors (Lipinski definition) is 5. The maximum atomic E-state index is 12.4. The van der Waals surface area contributed by atoms with E-state index in [9.17, 15) is 9.18 Å². The average molecular weight is 510 g/mol. The molecule has 0 spiro atoms. The Labute approximate surface area is 215 Å². The number of halogens is 2. The normalized spacial score (nSPS) is 14.4. The first-order valence-corrected chi connectivity index (χ1v) is 12.1. The van der Waals surface area contributed by atoms with E-state index in [0.717, 1.165) is 23.2 Å². The number of anilines is 1. The van der Waals surface area contributed by atoms with E-state index < -0.39 is 5.67 Å². The third-order valence-corrected chi connectivity index (χ3v) is 5.24. The van der Waals surface area contributed by atoms with E-state index in [2.05, 4.69) is 21.6 Å². The molecular formula is C27H41ClFN3O3. The van der Waals surface area contributed by atoms with Gasteiger partial charge in [0.15, 0.2) is 0 Å². The average Bonchev–Trinajstić information content (AvgIpc) is 2.79. The standard InChI is InChI=1S/C21H26ClN3O2.C4H9F.C2H6O/c1-15-7-8-18(22)11-17(15)12-23-13-21(26)25(2)10-9-16-14-27-24-20-6-4-3-5-19(16)20;1-4(2,3)5;1-3-2/h3-8,11,16,23-24H,9-10,12-14H2,1-2H3;1-3H3;1-2H3. The molecule has 1 heterocycles. The Hall–Kier alpha value is -2.19. The maximum Gasteiger partial charge on any atom is 0.236 e. The van der Waals surface area contributed by atoms with E-state index in [1.165, 1.54) is 26.3 Å². The Morgan fingerprint density at radius 1 is 1.26 bits per heavy atom. The molecule has 0 bridgehead atoms. The molecule has 2 aromatic carbocycles. The van der Waals surface area contributed by atoms with Crippen molar-refractivity contribution < 1.29 is 18.8 Å². The number of ether oxygens (including phenoxy) is 1. The van der Waals surface area contributed by atoms with Gasteiger partial charge in [-0.1, -0.05) is 35.9 Å². The van der Waals surface area contributed by atoms with Crippen molar-refractivity contribution in [2.75, 3.05) is 46.4 Å². The number of amides is 1. The molecule has 3 rings (SSSR count). The van der Waals surface area contributed by atoms with E-state index in [1.54, 1.807) is 19.1 Å². The molecule has 1 unspecified atom stereocenters. The minimum atomic E-state index is -1.00. The van der Waals surface area contributed by atoms with E-state index in [1.807, 2.05) is 50.4 Å². The second-order valence-corrected chi connectivity index (χ2v) is 9.89. The number of methoxy groups -OCH3 is 1. The van der Waals surface area contributed by atoms with Crippen molar-refractivity contribution in [1.29, 1.82) is 0 Å². The second kappa shape index (κ2) is 15.7. The van der Waals surface area contributed by atoms with Crippen molar-refractivity contribution in [2.45, 2.75) is 52.2 Å². The van der Waals surface area contributed by atoms with E-state index in [0.29, 0.717) is 37.2 Å². The molecule has 0 saturated heterocycles. The number of fused-ring (bicyclic) bond motifs is 1. The van der Waals surface area contributed by atoms with Crippen molar-refractivity contribution in [2.24, 2.45) is 0 Å². The number of nitrogens with one attached hydrogen (secondary N) is 2. The van der Waals surface area contributed by atoms with Gasteiger partial charge in [-0.05, 0) is 69.0 Å². The zero-order valence-electron chi connectivity index (χ0n) is 22.1. The largest absolute Gasteiger partial charge is 0.388 e. The Bertz CT molecular complexity index is 899. The molecule has 1 aliphatic rings. The number of para-hydroxylation sites is 1. The molecule has 0 radical (unpaired) electrons. The van der Waals surface area contributed by atoms with Gasteiger partial charge < -0.3 is 15.0 Å². The molecular weight excluding hydrogens is 469 g/mol. The number of aryl methyl sites for hydroxylation is 1. The third-order valence-electron chi connectivity index (χ3n) is 5.01. The van der Waals surface area contributed by atoms with Crippen LogP contribution in [0.1, 0.15) is 49.8 Å². The summed E-state index contributed by atoms with van der Waals surface area (Å²) >= 11 is 6.04. The Balaban J connectivity index is 0.000000669. The Morgan fingerprint density at radius 3 is 2.54 bits per heavy atom. The molecule has 1 aliphatic heterocycles. The van der Waals surface area contributed by atoms with Crippen molar-refractivity contribution in [3.8, 4) is 0 Å². The molecule has 196 valence electrons. The summed E-state index contributed by atoms with van der Waals surface area (Å²) in [4.78, 5) is 19.6. The van der Waals surface area contributed by atoms with Crippen molar-refractivity contribution in [3.63, 3.8) is 0 Å². The number of carbonyl (C=O) groups is 1. The number of likely N-dealkylation sites (N-methyl/N-ethyl adjacent to an activating group) is 1. The van der Waals surface area contributed by atoms with Crippen LogP contribution >= 0.6 is 11.6 Å². The lowest BCUT2D eigenvalue weighted by atomic mass is 9.94. The second-order valence-electron chi connectivity index (χ2n) is 9.45. The first kappa shape index (κ1) is 30.8. The van der Waals surface area contributed by atoms with Crippen LogP contribution in [0.25, 0.3) is 0 Å². The SMILES string of the molecule is CC(C)(C)F.COC.Cc1ccc(Cl)cc1CNCC(=O)N(C)CCC1CONc2ccccc21. The van der Waals surface area contributed by atoms with Gasteiger partial charge in [0.25, 0.3) is 0 Å². The van der Waals surface area contributed by atoms with Crippen LogP contribution in [0.4, 0.5) is 10.1 Å². The lowest BCUT2D eigenvalue weighted by Crippen LogP contribution is -2.37. The number of hydrogen-bond donors (Lipinski definition) is 2. The Kier molecular flexibility index (Phi) is 13.9. The predicted octanol–water partition coefficient (Wildman–Crippen LogP) is 5.74. The molecule has 0 aromatic heterocycles. The highest BCUT2D eigenvalue weighted by atomic mass is 35.5. The van der Waals surface area contributed by atoms with Gasteiger partial charge >= 0.3 is 0 Å². The van der Waals surface area contributed by atoms with Crippen LogP contribution in [0.3, 0.4) is 0 Å². The molecule has 2 aromatic rings. The quantitative estimate of drug-likeness (QED) is 0.498. The van der Waals surface area contributed by atoms with Crippen LogP contribution in [0.15, 0.2) is 42.5 Å². The summed E-state index contributed by atoms with van der Waals surface area (Å²) in [7, 11) is 5.10. The number of alkyl halides is 1. The predicted molar refractivity (Wildman–Crippen MR) is 143 cm³/mol. The first-order valence-electron chi connectivity index (χ1n) is 11.7. The molecule has 0 saturated carbocycles. The highest BCUT2D eigenvalue weighted by Gasteiger charge is 2.21. The summed E-state index contributed by atoms with van der Waals surface area (Å²) in [6.07, 6.45) is 0.869. The Morgan fingerprint density at radius 2 is 1.89 bits per heavy atom. The molecule has 1 atom stereocenters. The molecule has 8 heteroatoms. The summed E-state index contributed by atoms with van der Waals surface area (Å²) in [6.45, 7) is 8.85. The van der Waals surface area contributed by atoms with Crippen LogP contribution in [0.2, 0.25) is 5.02 Å². The molecule has 1 amide bonds. The lowest BCUT2D eigenvalue weighted by Gasteiger charge is -2.28. The van der Waals surface area contributed by atoms with Gasteiger partial charge in [0, 0.05) is 45.3 Å². The number of carbonyl (C=O) groups excluding carboxylic acids is 1. The zero-order valence-corrected chi connectivity index (χ0v) is 22.8. The van der Waals surface area contributed by atoms with Crippen molar-refractivity contribution >= 4 is 23.2 Å². The highest BCUT2D eigenvalue weighted by molar-refractivity contribution is 6.30. The summed E-state index contributed by atoms with van der Waals surface area (Å²) in [5.41, 5.74) is 6.50. The van der Waals surface area contributed by atoms with Crippen LogP contribution < -0.4 is 10.8 Å². The van der Waals surface area contributed by atoms with E-state index in [4.69, 9.17) is 16.4 Å². The number of nitrogens with zero attached hydrogens (tertiary/aromatic N) is 1. The number of benzene rings is 2. The van der Waals surface area contributed by atoms with Crippen molar-refractivity contribution in [3.05, 3.63) is 64.2 Å². The molecule has 0 aliphatic carbocycles. The highest BCUT2D eigenvalue weighted by Crippen LogP contribution is 2.31. The minimum Gasteiger partial charge on any atom is -0.388 e. The topological polar surface area (TPSA) is 62.8 Å². The fourth-order valence-corrected chi connectivity index (χ4v) is 3.43. The summed E-state index contributed by atoms with van der Waals surface area (Å²) < 4.78 is 15.9. The summed E-state index contributed by atoms with van der Waals surface area (Å²) in [5.74, 6) is 0.373. The van der Waals surface area contributed by atoms with Gasteiger partial charge in [0.05, 0.1) is 18.8 Å². The van der Waals surface area contributed by atoms with Gasteiger partial charge in [0.1, 0.15) is 5.67 Å². The van der Waals surface area contributed by atoms with Gasteiger partial charge in [0.2, 0.25) is 5.91 Å².